The molecule has 0 spiro atoms. The quantitative estimate of drug-likeness (QED) is 0.778. The number of aliphatic hydroxyl groups is 1. The van der Waals surface area contributed by atoms with Gasteiger partial charge in [-0.25, -0.2) is 0 Å². The van der Waals surface area contributed by atoms with Crippen molar-refractivity contribution in [3.05, 3.63) is 54.0 Å². The number of amides is 2. The first-order valence-corrected chi connectivity index (χ1v) is 6.45. The van der Waals surface area contributed by atoms with Gasteiger partial charge >= 0.3 is 0 Å². The maximum atomic E-state index is 12.0. The van der Waals surface area contributed by atoms with Gasteiger partial charge < -0.3 is 20.2 Å². The Morgan fingerprint density at radius 2 is 2.10 bits per heavy atom. The second kappa shape index (κ2) is 6.71. The van der Waals surface area contributed by atoms with E-state index >= 15 is 0 Å². The molecule has 2 aromatic rings. The van der Waals surface area contributed by atoms with E-state index in [2.05, 4.69) is 10.6 Å². The third-order valence-corrected chi connectivity index (χ3v) is 2.86. The van der Waals surface area contributed by atoms with Gasteiger partial charge in [-0.05, 0) is 36.8 Å². The molecule has 1 atom stereocenters. The Balaban J connectivity index is 1.94. The van der Waals surface area contributed by atoms with E-state index in [-0.39, 0.29) is 18.3 Å². The fourth-order valence-corrected chi connectivity index (χ4v) is 1.74. The number of furan rings is 1. The molecule has 0 bridgehead atoms. The van der Waals surface area contributed by atoms with Gasteiger partial charge in [0.1, 0.15) is 6.04 Å². The van der Waals surface area contributed by atoms with Crippen molar-refractivity contribution in [1.82, 2.24) is 5.32 Å². The smallest absolute Gasteiger partial charge is 0.287 e. The van der Waals surface area contributed by atoms with Gasteiger partial charge in [-0.1, -0.05) is 12.1 Å². The van der Waals surface area contributed by atoms with Crippen molar-refractivity contribution < 1.29 is 19.1 Å². The van der Waals surface area contributed by atoms with E-state index < -0.39 is 11.9 Å². The van der Waals surface area contributed by atoms with Crippen molar-refractivity contribution in [2.24, 2.45) is 0 Å². The zero-order chi connectivity index (χ0) is 15.2. The summed E-state index contributed by atoms with van der Waals surface area (Å²) in [6.07, 6.45) is 1.39. The van der Waals surface area contributed by atoms with Crippen LogP contribution in [-0.2, 0) is 11.4 Å². The first kappa shape index (κ1) is 14.8. The Kier molecular flexibility index (Phi) is 4.73. The SMILES string of the molecule is CC(NC(=O)c1ccco1)C(=O)Nc1cccc(CO)c1. The van der Waals surface area contributed by atoms with E-state index in [1.54, 1.807) is 37.3 Å². The van der Waals surface area contributed by atoms with Crippen molar-refractivity contribution in [1.29, 1.82) is 0 Å². The topological polar surface area (TPSA) is 91.6 Å². The maximum Gasteiger partial charge on any atom is 0.287 e. The summed E-state index contributed by atoms with van der Waals surface area (Å²) >= 11 is 0. The molecule has 2 rings (SSSR count). The highest BCUT2D eigenvalue weighted by molar-refractivity contribution is 5.99. The van der Waals surface area contributed by atoms with E-state index in [1.165, 1.54) is 12.3 Å². The van der Waals surface area contributed by atoms with E-state index in [0.717, 1.165) is 0 Å². The minimum Gasteiger partial charge on any atom is -0.459 e. The molecule has 110 valence electrons. The van der Waals surface area contributed by atoms with Gasteiger partial charge in [0, 0.05) is 5.69 Å². The van der Waals surface area contributed by atoms with Crippen LogP contribution in [0, 0.1) is 0 Å². The van der Waals surface area contributed by atoms with Crippen LogP contribution in [0.4, 0.5) is 5.69 Å². The van der Waals surface area contributed by atoms with Gasteiger partial charge in [-0.3, -0.25) is 9.59 Å². The molecule has 0 saturated carbocycles. The summed E-state index contributed by atoms with van der Waals surface area (Å²) in [7, 11) is 0. The minimum atomic E-state index is -0.722. The number of carbonyl (C=O) groups excluding carboxylic acids is 2. The lowest BCUT2D eigenvalue weighted by molar-refractivity contribution is -0.117. The first-order chi connectivity index (χ1) is 10.1. The normalized spacial score (nSPS) is 11.7. The molecule has 0 saturated heterocycles. The van der Waals surface area contributed by atoms with Crippen molar-refractivity contribution in [3.8, 4) is 0 Å². The van der Waals surface area contributed by atoms with Crippen molar-refractivity contribution in [2.75, 3.05) is 5.32 Å². The fourth-order valence-electron chi connectivity index (χ4n) is 1.74. The van der Waals surface area contributed by atoms with E-state index in [0.29, 0.717) is 11.3 Å². The van der Waals surface area contributed by atoms with Crippen molar-refractivity contribution >= 4 is 17.5 Å². The van der Waals surface area contributed by atoms with Crippen LogP contribution in [0.5, 0.6) is 0 Å². The summed E-state index contributed by atoms with van der Waals surface area (Å²) in [6.45, 7) is 1.47. The molecule has 0 aliphatic heterocycles. The Bertz CT molecular complexity index is 622. The molecule has 0 fully saturated rings. The van der Waals surface area contributed by atoms with Gasteiger partial charge in [-0.2, -0.15) is 0 Å². The van der Waals surface area contributed by atoms with Gasteiger partial charge in [0.2, 0.25) is 5.91 Å². The maximum absolute atomic E-state index is 12.0. The van der Waals surface area contributed by atoms with E-state index in [4.69, 9.17) is 9.52 Å². The summed E-state index contributed by atoms with van der Waals surface area (Å²) in [5.74, 6) is -0.659. The van der Waals surface area contributed by atoms with Crippen LogP contribution in [0.1, 0.15) is 23.0 Å². The fraction of sp³-hybridized carbons (Fsp3) is 0.200. The molecule has 0 aliphatic carbocycles. The average molecular weight is 288 g/mol. The number of nitrogens with one attached hydrogen (secondary N) is 2. The third-order valence-electron chi connectivity index (χ3n) is 2.86. The monoisotopic (exact) mass is 288 g/mol. The van der Waals surface area contributed by atoms with Gasteiger partial charge in [0.15, 0.2) is 5.76 Å². The van der Waals surface area contributed by atoms with Crippen LogP contribution in [0.2, 0.25) is 0 Å². The summed E-state index contributed by atoms with van der Waals surface area (Å²) in [5.41, 5.74) is 1.26. The number of benzene rings is 1. The number of hydrogen-bond donors (Lipinski definition) is 3. The Morgan fingerprint density at radius 3 is 2.76 bits per heavy atom. The predicted molar refractivity (Wildman–Crippen MR) is 76.6 cm³/mol. The minimum absolute atomic E-state index is 0.103. The second-order valence-electron chi connectivity index (χ2n) is 4.52. The highest BCUT2D eigenvalue weighted by Gasteiger charge is 2.18. The van der Waals surface area contributed by atoms with Crippen molar-refractivity contribution in [3.63, 3.8) is 0 Å². The summed E-state index contributed by atoms with van der Waals surface area (Å²) in [6, 6.07) is 9.24. The Labute approximate surface area is 121 Å². The van der Waals surface area contributed by atoms with Crippen LogP contribution < -0.4 is 10.6 Å². The highest BCUT2D eigenvalue weighted by Crippen LogP contribution is 2.11. The lowest BCUT2D eigenvalue weighted by Crippen LogP contribution is -2.41. The molecule has 1 unspecified atom stereocenters. The number of rotatable bonds is 5. The largest absolute Gasteiger partial charge is 0.459 e. The molecule has 6 nitrogen and oxygen atoms in total. The Morgan fingerprint density at radius 1 is 1.29 bits per heavy atom. The standard InChI is InChI=1S/C15H16N2O4/c1-10(16-15(20)13-6-3-7-21-13)14(19)17-12-5-2-4-11(8-12)9-18/h2-8,10,18H,9H2,1H3,(H,16,20)(H,17,19). The molecular weight excluding hydrogens is 272 g/mol. The lowest BCUT2D eigenvalue weighted by Gasteiger charge is -2.13. The van der Waals surface area contributed by atoms with E-state index in [1.807, 2.05) is 0 Å². The number of hydrogen-bond acceptors (Lipinski definition) is 4. The highest BCUT2D eigenvalue weighted by atomic mass is 16.3. The molecule has 21 heavy (non-hydrogen) atoms. The van der Waals surface area contributed by atoms with Crippen molar-refractivity contribution in [2.45, 2.75) is 19.6 Å². The predicted octanol–water partition coefficient (Wildman–Crippen LogP) is 1.53. The first-order valence-electron chi connectivity index (χ1n) is 6.45. The van der Waals surface area contributed by atoms with Crippen LogP contribution in [0.15, 0.2) is 47.1 Å². The second-order valence-corrected chi connectivity index (χ2v) is 4.52. The van der Waals surface area contributed by atoms with Gasteiger partial charge in [-0.15, -0.1) is 0 Å². The third kappa shape index (κ3) is 3.93. The van der Waals surface area contributed by atoms with E-state index in [9.17, 15) is 9.59 Å². The van der Waals surface area contributed by atoms with Gasteiger partial charge in [0.05, 0.1) is 12.9 Å². The molecule has 6 heteroatoms. The molecule has 2 amide bonds. The summed E-state index contributed by atoms with van der Waals surface area (Å²) < 4.78 is 4.95. The number of anilines is 1. The molecule has 0 radical (unpaired) electrons. The molecule has 3 N–H and O–H groups in total. The average Bonchev–Trinajstić information content (AvgIpc) is 3.01. The number of aliphatic hydroxyl groups excluding tert-OH is 1. The Hall–Kier alpha value is -2.60. The van der Waals surface area contributed by atoms with Crippen LogP contribution in [0.3, 0.4) is 0 Å². The summed E-state index contributed by atoms with van der Waals surface area (Å²) in [4.78, 5) is 23.8. The number of carbonyl (C=O) groups is 2. The zero-order valence-corrected chi connectivity index (χ0v) is 11.5. The van der Waals surface area contributed by atoms with Gasteiger partial charge in [0.25, 0.3) is 5.91 Å². The molecule has 1 aromatic carbocycles. The summed E-state index contributed by atoms with van der Waals surface area (Å²) in [5, 5.41) is 14.3. The zero-order valence-electron chi connectivity index (χ0n) is 11.5. The molecular formula is C15H16N2O4. The van der Waals surface area contributed by atoms with Crippen LogP contribution in [-0.4, -0.2) is 23.0 Å². The molecule has 0 aliphatic rings. The van der Waals surface area contributed by atoms with Crippen LogP contribution in [0.25, 0.3) is 0 Å². The molecule has 1 heterocycles. The molecule has 1 aromatic heterocycles. The lowest BCUT2D eigenvalue weighted by atomic mass is 10.2. The van der Waals surface area contributed by atoms with Crippen LogP contribution >= 0.6 is 0 Å².